The van der Waals surface area contributed by atoms with E-state index in [-0.39, 0.29) is 5.91 Å². The molecule has 0 aromatic heterocycles. The largest absolute Gasteiger partial charge is 0.325 e. The zero-order chi connectivity index (χ0) is 16.3. The van der Waals surface area contributed by atoms with E-state index in [1.165, 1.54) is 6.92 Å². The average molecular weight is 376 g/mol. The second-order valence-electron chi connectivity index (χ2n) is 4.39. The molecule has 2 rings (SSSR count). The maximum Gasteiger partial charge on any atom is 0.221 e. The van der Waals surface area contributed by atoms with Crippen molar-refractivity contribution in [3.8, 4) is 0 Å². The fourth-order valence-electron chi connectivity index (χ4n) is 1.67. The van der Waals surface area contributed by atoms with Crippen LogP contribution in [0.15, 0.2) is 35.3 Å². The van der Waals surface area contributed by atoms with Gasteiger partial charge >= 0.3 is 0 Å². The van der Waals surface area contributed by atoms with Crippen molar-refractivity contribution in [2.24, 2.45) is 4.99 Å². The van der Waals surface area contributed by atoms with Gasteiger partial charge in [-0.1, -0.05) is 52.5 Å². The topological polar surface area (TPSA) is 41.5 Å². The van der Waals surface area contributed by atoms with Crippen molar-refractivity contribution in [1.29, 1.82) is 0 Å². The van der Waals surface area contributed by atoms with Crippen molar-refractivity contribution in [2.75, 3.05) is 5.32 Å². The van der Waals surface area contributed by atoms with Gasteiger partial charge in [-0.25, -0.2) is 0 Å². The molecule has 0 spiro atoms. The van der Waals surface area contributed by atoms with E-state index >= 15 is 0 Å². The van der Waals surface area contributed by atoms with Gasteiger partial charge in [-0.2, -0.15) is 0 Å². The Morgan fingerprint density at radius 1 is 1.05 bits per heavy atom. The van der Waals surface area contributed by atoms with Crippen molar-refractivity contribution in [2.45, 2.75) is 6.92 Å². The molecule has 1 amide bonds. The second-order valence-corrected chi connectivity index (χ2v) is 6.05. The number of carbonyl (C=O) groups is 1. The first-order valence-electron chi connectivity index (χ1n) is 6.12. The number of nitrogens with zero attached hydrogens (tertiary/aromatic N) is 1. The van der Waals surface area contributed by atoms with Gasteiger partial charge < -0.3 is 5.32 Å². The Morgan fingerprint density at radius 2 is 1.77 bits per heavy atom. The van der Waals surface area contributed by atoms with Crippen LogP contribution in [0.25, 0.3) is 0 Å². The molecule has 0 heterocycles. The van der Waals surface area contributed by atoms with Crippen LogP contribution < -0.4 is 5.32 Å². The van der Waals surface area contributed by atoms with Crippen molar-refractivity contribution in [3.05, 3.63) is 56.0 Å². The van der Waals surface area contributed by atoms with Gasteiger partial charge in [-0.3, -0.25) is 9.79 Å². The van der Waals surface area contributed by atoms with Crippen LogP contribution >= 0.6 is 46.4 Å². The third kappa shape index (κ3) is 4.37. The summed E-state index contributed by atoms with van der Waals surface area (Å²) >= 11 is 24.1. The van der Waals surface area contributed by atoms with Crippen LogP contribution in [0.1, 0.15) is 12.5 Å². The van der Waals surface area contributed by atoms with E-state index in [9.17, 15) is 4.79 Å². The minimum atomic E-state index is -0.234. The lowest BCUT2D eigenvalue weighted by Gasteiger charge is -2.07. The lowest BCUT2D eigenvalue weighted by molar-refractivity contribution is -0.114. The molecule has 2 aromatic carbocycles. The van der Waals surface area contributed by atoms with Crippen LogP contribution in [0, 0.1) is 0 Å². The zero-order valence-corrected chi connectivity index (χ0v) is 14.4. The number of hydrogen-bond acceptors (Lipinski definition) is 2. The maximum atomic E-state index is 11.1. The summed E-state index contributed by atoms with van der Waals surface area (Å²) in [5.41, 5.74) is 1.60. The molecule has 0 radical (unpaired) electrons. The van der Waals surface area contributed by atoms with Crippen LogP contribution in [-0.4, -0.2) is 12.1 Å². The molecule has 0 aliphatic rings. The second kappa shape index (κ2) is 7.34. The molecule has 7 heteroatoms. The van der Waals surface area contributed by atoms with Gasteiger partial charge in [0.25, 0.3) is 0 Å². The van der Waals surface area contributed by atoms with Crippen molar-refractivity contribution in [1.82, 2.24) is 0 Å². The summed E-state index contributed by atoms with van der Waals surface area (Å²) in [4.78, 5) is 15.3. The Bertz CT molecular complexity index is 759. The van der Waals surface area contributed by atoms with E-state index in [4.69, 9.17) is 46.4 Å². The van der Waals surface area contributed by atoms with Gasteiger partial charge in [0, 0.05) is 23.7 Å². The summed E-state index contributed by atoms with van der Waals surface area (Å²) in [6.45, 7) is 1.39. The molecule has 3 nitrogen and oxygen atoms in total. The molecular weight excluding hydrogens is 366 g/mol. The monoisotopic (exact) mass is 374 g/mol. The van der Waals surface area contributed by atoms with E-state index in [2.05, 4.69) is 10.3 Å². The predicted octanol–water partition coefficient (Wildman–Crippen LogP) is 6.01. The molecule has 0 unspecified atom stereocenters. The Kier molecular flexibility index (Phi) is 5.70. The Hall–Kier alpha value is -1.26. The molecule has 0 bridgehead atoms. The van der Waals surface area contributed by atoms with Crippen molar-refractivity contribution in [3.63, 3.8) is 0 Å². The first-order chi connectivity index (χ1) is 10.4. The molecule has 114 valence electrons. The third-order valence-corrected chi connectivity index (χ3v) is 3.83. The van der Waals surface area contributed by atoms with Gasteiger partial charge in [-0.05, 0) is 24.3 Å². The molecule has 0 aliphatic heterocycles. The van der Waals surface area contributed by atoms with E-state index in [0.717, 1.165) is 0 Å². The van der Waals surface area contributed by atoms with E-state index < -0.39 is 0 Å². The number of halogens is 4. The van der Waals surface area contributed by atoms with Crippen molar-refractivity contribution < 1.29 is 4.79 Å². The Labute approximate surface area is 147 Å². The lowest BCUT2D eigenvalue weighted by atomic mass is 10.2. The Morgan fingerprint density at radius 3 is 2.41 bits per heavy atom. The number of nitrogens with one attached hydrogen (secondary N) is 1. The first-order valence-corrected chi connectivity index (χ1v) is 7.64. The van der Waals surface area contributed by atoms with Crippen molar-refractivity contribution >= 4 is 69.9 Å². The lowest BCUT2D eigenvalue weighted by Crippen LogP contribution is -2.06. The fraction of sp³-hybridized carbons (Fsp3) is 0.0667. The van der Waals surface area contributed by atoms with Gasteiger partial charge in [0.1, 0.15) is 0 Å². The standard InChI is InChI=1S/C15H10Cl4N2O/c1-8(22)21-15-6-12(18)14(5-13(15)19)20-7-9-2-3-10(16)4-11(9)17/h2-7H,1H3,(H,21,22). The van der Waals surface area contributed by atoms with Crippen LogP contribution in [-0.2, 0) is 4.79 Å². The molecule has 0 saturated carbocycles. The highest BCUT2D eigenvalue weighted by atomic mass is 35.5. The van der Waals surface area contributed by atoms with Crippen LogP contribution in [0.4, 0.5) is 11.4 Å². The minimum absolute atomic E-state index is 0.234. The van der Waals surface area contributed by atoms with Gasteiger partial charge in [0.15, 0.2) is 0 Å². The van der Waals surface area contributed by atoms with Gasteiger partial charge in [0.2, 0.25) is 5.91 Å². The predicted molar refractivity (Wildman–Crippen MR) is 94.5 cm³/mol. The number of rotatable bonds is 3. The molecule has 0 atom stereocenters. The highest BCUT2D eigenvalue weighted by Crippen LogP contribution is 2.34. The first kappa shape index (κ1) is 17.1. The highest BCUT2D eigenvalue weighted by molar-refractivity contribution is 6.38. The van der Waals surface area contributed by atoms with E-state index in [1.807, 2.05) is 0 Å². The molecule has 0 saturated heterocycles. The number of anilines is 1. The summed E-state index contributed by atoms with van der Waals surface area (Å²) in [6, 6.07) is 8.19. The molecular formula is C15H10Cl4N2O. The molecule has 0 fully saturated rings. The molecule has 2 aromatic rings. The van der Waals surface area contributed by atoms with E-state index in [0.29, 0.717) is 37.0 Å². The number of benzene rings is 2. The average Bonchev–Trinajstić information content (AvgIpc) is 2.42. The quantitative estimate of drug-likeness (QED) is 0.655. The SMILES string of the molecule is CC(=O)Nc1cc(Cl)c(N=Cc2ccc(Cl)cc2Cl)cc1Cl. The molecule has 1 N–H and O–H groups in total. The number of hydrogen-bond donors (Lipinski definition) is 1. The Balaban J connectivity index is 2.31. The third-order valence-electron chi connectivity index (χ3n) is 2.65. The number of carbonyl (C=O) groups excluding carboxylic acids is 1. The fourth-order valence-corrected chi connectivity index (χ4v) is 2.54. The highest BCUT2D eigenvalue weighted by Gasteiger charge is 2.08. The van der Waals surface area contributed by atoms with Crippen LogP contribution in [0.2, 0.25) is 20.1 Å². The van der Waals surface area contributed by atoms with E-state index in [1.54, 1.807) is 36.5 Å². The number of amides is 1. The maximum absolute atomic E-state index is 11.1. The van der Waals surface area contributed by atoms with Crippen LogP contribution in [0.5, 0.6) is 0 Å². The summed E-state index contributed by atoms with van der Waals surface area (Å²) in [5, 5.41) is 4.31. The normalized spacial score (nSPS) is 11.0. The molecule has 0 aliphatic carbocycles. The summed E-state index contributed by atoms with van der Waals surface area (Å²) < 4.78 is 0. The van der Waals surface area contributed by atoms with Gasteiger partial charge in [0.05, 0.1) is 26.4 Å². The minimum Gasteiger partial charge on any atom is -0.325 e. The zero-order valence-electron chi connectivity index (χ0n) is 11.3. The van der Waals surface area contributed by atoms with Gasteiger partial charge in [-0.15, -0.1) is 0 Å². The summed E-state index contributed by atoms with van der Waals surface area (Å²) in [6.07, 6.45) is 1.56. The number of aliphatic imine (C=N–C) groups is 1. The molecule has 22 heavy (non-hydrogen) atoms. The smallest absolute Gasteiger partial charge is 0.221 e. The summed E-state index contributed by atoms with van der Waals surface area (Å²) in [7, 11) is 0. The van der Waals surface area contributed by atoms with Crippen LogP contribution in [0.3, 0.4) is 0 Å². The summed E-state index contributed by atoms with van der Waals surface area (Å²) in [5.74, 6) is -0.234.